The molecule has 0 radical (unpaired) electrons. The number of fused-ring (bicyclic) bond motifs is 1. The topological polar surface area (TPSA) is 87.2 Å². The molecule has 10 heteroatoms. The van der Waals surface area contributed by atoms with Gasteiger partial charge in [-0.1, -0.05) is 36.7 Å². The van der Waals surface area contributed by atoms with Crippen molar-refractivity contribution < 1.29 is 12.8 Å². The van der Waals surface area contributed by atoms with E-state index in [2.05, 4.69) is 26.8 Å². The van der Waals surface area contributed by atoms with Gasteiger partial charge in [-0.3, -0.25) is 4.72 Å². The molecule has 7 nitrogen and oxygen atoms in total. The van der Waals surface area contributed by atoms with Gasteiger partial charge in [0.25, 0.3) is 10.0 Å². The molecule has 6 rings (SSSR count). The van der Waals surface area contributed by atoms with E-state index in [1.54, 1.807) is 18.2 Å². The number of aryl methyl sites for hydroxylation is 1. The normalized spacial score (nSPS) is 19.7. The smallest absolute Gasteiger partial charge is 0.263 e. The first kappa shape index (κ1) is 28.8. The maximum Gasteiger partial charge on any atom is 0.263 e. The van der Waals surface area contributed by atoms with Crippen LogP contribution in [0.1, 0.15) is 51.0 Å². The summed E-state index contributed by atoms with van der Waals surface area (Å²) in [5, 5.41) is 4.51. The fraction of sp³-hybridized carbons (Fsp3) is 0.375. The number of nitrogens with zero attached hydrogens (tertiary/aromatic N) is 3. The highest BCUT2D eigenvalue weighted by molar-refractivity contribution is 7.92. The second-order valence-electron chi connectivity index (χ2n) is 11.2. The minimum absolute atomic E-state index is 0.0655. The number of benzene rings is 3. The number of hydrogen-bond acceptors (Lipinski definition) is 6. The number of halogens is 2. The zero-order valence-corrected chi connectivity index (χ0v) is 25.2. The molecule has 2 heterocycles. The Morgan fingerprint density at radius 1 is 1.00 bits per heavy atom. The average molecular weight is 608 g/mol. The lowest BCUT2D eigenvalue weighted by Crippen LogP contribution is -2.39. The zero-order valence-electron chi connectivity index (χ0n) is 23.6. The maximum atomic E-state index is 15.2. The molecule has 1 saturated heterocycles. The van der Waals surface area contributed by atoms with Crippen molar-refractivity contribution in [1.29, 1.82) is 0 Å². The van der Waals surface area contributed by atoms with Crippen molar-refractivity contribution >= 4 is 44.2 Å². The first-order valence-corrected chi connectivity index (χ1v) is 16.5. The molecule has 3 aromatic carbocycles. The summed E-state index contributed by atoms with van der Waals surface area (Å²) in [4.78, 5) is 12.1. The summed E-state index contributed by atoms with van der Waals surface area (Å²) in [5.41, 5.74) is 3.21. The molecule has 0 unspecified atom stereocenters. The maximum absolute atomic E-state index is 15.2. The van der Waals surface area contributed by atoms with Crippen molar-refractivity contribution in [2.75, 3.05) is 23.1 Å². The minimum Gasteiger partial charge on any atom is -0.351 e. The van der Waals surface area contributed by atoms with Gasteiger partial charge in [-0.2, -0.15) is 0 Å². The summed E-state index contributed by atoms with van der Waals surface area (Å²) >= 11 is 6.05. The quantitative estimate of drug-likeness (QED) is 0.219. The largest absolute Gasteiger partial charge is 0.351 e. The number of rotatable bonds is 8. The van der Waals surface area contributed by atoms with Gasteiger partial charge >= 0.3 is 0 Å². The third-order valence-corrected chi connectivity index (χ3v) is 10.4. The molecule has 1 aromatic heterocycles. The molecular weight excluding hydrogens is 573 g/mol. The summed E-state index contributed by atoms with van der Waals surface area (Å²) in [6.45, 7) is 4.57. The molecule has 4 aromatic rings. The predicted octanol–water partition coefficient (Wildman–Crippen LogP) is 7.27. The molecule has 1 aliphatic heterocycles. The highest BCUT2D eigenvalue weighted by Gasteiger charge is 2.28. The van der Waals surface area contributed by atoms with Crippen molar-refractivity contribution in [2.45, 2.75) is 68.8 Å². The Labute approximate surface area is 251 Å². The second-order valence-corrected chi connectivity index (χ2v) is 13.3. The average Bonchev–Trinajstić information content (AvgIpc) is 3.53. The Bertz CT molecular complexity index is 1700. The third-order valence-electron chi connectivity index (χ3n) is 8.50. The molecule has 2 aliphatic rings. The van der Waals surface area contributed by atoms with Crippen molar-refractivity contribution in [2.24, 2.45) is 0 Å². The summed E-state index contributed by atoms with van der Waals surface area (Å²) in [5.74, 6) is -0.0349. The fourth-order valence-electron chi connectivity index (χ4n) is 6.24. The molecule has 2 fully saturated rings. The van der Waals surface area contributed by atoms with Gasteiger partial charge in [0.05, 0.1) is 16.2 Å². The van der Waals surface area contributed by atoms with Crippen LogP contribution in [0, 0.1) is 5.82 Å². The van der Waals surface area contributed by atoms with E-state index < -0.39 is 15.8 Å². The summed E-state index contributed by atoms with van der Waals surface area (Å²) in [6, 6.07) is 15.6. The van der Waals surface area contributed by atoms with Gasteiger partial charge < -0.3 is 10.2 Å². The fourth-order valence-corrected chi connectivity index (χ4v) is 7.83. The predicted molar refractivity (Wildman–Crippen MR) is 167 cm³/mol. The number of likely N-dealkylation sites (tertiary alicyclic amines) is 1. The van der Waals surface area contributed by atoms with E-state index in [1.807, 2.05) is 18.3 Å². The van der Waals surface area contributed by atoms with Crippen LogP contribution in [0.5, 0.6) is 0 Å². The summed E-state index contributed by atoms with van der Waals surface area (Å²) in [7, 11) is -4.05. The Morgan fingerprint density at radius 2 is 1.76 bits per heavy atom. The Kier molecular flexibility index (Phi) is 8.34. The van der Waals surface area contributed by atoms with Crippen molar-refractivity contribution in [1.82, 2.24) is 14.9 Å². The first-order chi connectivity index (χ1) is 20.3. The third kappa shape index (κ3) is 6.09. The van der Waals surface area contributed by atoms with Gasteiger partial charge in [-0.25, -0.2) is 22.8 Å². The second kappa shape index (κ2) is 12.1. The van der Waals surface area contributed by atoms with Gasteiger partial charge in [0.2, 0.25) is 5.95 Å². The van der Waals surface area contributed by atoms with E-state index in [1.165, 1.54) is 63.0 Å². The SMILES string of the molecule is CCc1cc(-c2ccc(NS(=O)(=O)c3ccccc3Cl)c(F)c2)cc2cnc(N[C@H]3CC[C@H](N4CCCC4)CC3)nc12. The van der Waals surface area contributed by atoms with Gasteiger partial charge in [-0.15, -0.1) is 0 Å². The van der Waals surface area contributed by atoms with Crippen molar-refractivity contribution in [3.8, 4) is 11.1 Å². The van der Waals surface area contributed by atoms with Crippen LogP contribution in [0.4, 0.5) is 16.0 Å². The summed E-state index contributed by atoms with van der Waals surface area (Å²) < 4.78 is 43.1. The molecule has 220 valence electrons. The number of anilines is 2. The van der Waals surface area contributed by atoms with Gasteiger partial charge in [-0.05, 0) is 111 Å². The number of hydrogen-bond donors (Lipinski definition) is 2. The highest BCUT2D eigenvalue weighted by atomic mass is 35.5. The van der Waals surface area contributed by atoms with Crippen LogP contribution >= 0.6 is 11.6 Å². The molecule has 1 saturated carbocycles. The van der Waals surface area contributed by atoms with Gasteiger partial charge in [0, 0.05) is 23.7 Å². The van der Waals surface area contributed by atoms with Crippen LogP contribution in [0.25, 0.3) is 22.0 Å². The highest BCUT2D eigenvalue weighted by Crippen LogP contribution is 2.32. The van der Waals surface area contributed by atoms with Gasteiger partial charge in [0.1, 0.15) is 10.7 Å². The van der Waals surface area contributed by atoms with Crippen LogP contribution in [-0.4, -0.2) is 48.5 Å². The molecule has 0 bridgehead atoms. The lowest BCUT2D eigenvalue weighted by Gasteiger charge is -2.34. The number of nitrogens with one attached hydrogen (secondary N) is 2. The number of sulfonamides is 1. The van der Waals surface area contributed by atoms with E-state index in [9.17, 15) is 8.42 Å². The Morgan fingerprint density at radius 3 is 2.48 bits per heavy atom. The first-order valence-electron chi connectivity index (χ1n) is 14.7. The van der Waals surface area contributed by atoms with Gasteiger partial charge in [0.15, 0.2) is 0 Å². The van der Waals surface area contributed by atoms with E-state index in [-0.39, 0.29) is 15.6 Å². The monoisotopic (exact) mass is 607 g/mol. The van der Waals surface area contributed by atoms with E-state index in [0.717, 1.165) is 47.3 Å². The van der Waals surface area contributed by atoms with E-state index in [4.69, 9.17) is 16.6 Å². The van der Waals surface area contributed by atoms with Crippen LogP contribution < -0.4 is 10.0 Å². The minimum atomic E-state index is -4.05. The Hall–Kier alpha value is -3.27. The van der Waals surface area contributed by atoms with Crippen LogP contribution in [0.3, 0.4) is 0 Å². The van der Waals surface area contributed by atoms with Crippen LogP contribution in [0.15, 0.2) is 65.7 Å². The van der Waals surface area contributed by atoms with Crippen LogP contribution in [-0.2, 0) is 16.4 Å². The molecule has 0 atom stereocenters. The van der Waals surface area contributed by atoms with E-state index >= 15 is 4.39 Å². The lowest BCUT2D eigenvalue weighted by atomic mass is 9.90. The molecule has 0 amide bonds. The molecule has 0 spiro atoms. The standard InChI is InChI=1S/C32H35ClFN5O2S/c1-2-21-17-23(22-9-14-29(28(34)19-22)38-42(40,41)30-8-4-3-7-27(30)33)18-24-20-35-32(37-31(21)24)36-25-10-12-26(13-11-25)39-15-5-6-16-39/h3-4,7-9,14,17-20,25-26,38H,2,5-6,10-13,15-16H2,1H3,(H,35,36,37)/t25-,26-. The Balaban J connectivity index is 1.19. The van der Waals surface area contributed by atoms with E-state index in [0.29, 0.717) is 17.6 Å². The summed E-state index contributed by atoms with van der Waals surface area (Å²) in [6.07, 6.45) is 9.91. The van der Waals surface area contributed by atoms with Crippen molar-refractivity contribution in [3.05, 3.63) is 77.2 Å². The van der Waals surface area contributed by atoms with Crippen LogP contribution in [0.2, 0.25) is 5.02 Å². The van der Waals surface area contributed by atoms with Crippen molar-refractivity contribution in [3.63, 3.8) is 0 Å². The molecule has 1 aliphatic carbocycles. The number of aromatic nitrogens is 2. The molecular formula is C32H35ClFN5O2S. The molecule has 2 N–H and O–H groups in total. The lowest BCUT2D eigenvalue weighted by molar-refractivity contribution is 0.186. The zero-order chi connectivity index (χ0) is 29.3. The molecule has 42 heavy (non-hydrogen) atoms.